The first-order valence-electron chi connectivity index (χ1n) is 6.71. The molecular weight excluding hydrogens is 330 g/mol. The highest BCUT2D eigenvalue weighted by molar-refractivity contribution is 9.10. The Morgan fingerprint density at radius 3 is 2.48 bits per heavy atom. The van der Waals surface area contributed by atoms with E-state index in [4.69, 9.17) is 0 Å². The fourth-order valence-corrected chi connectivity index (χ4v) is 2.68. The molecule has 0 heterocycles. The van der Waals surface area contributed by atoms with E-state index in [-0.39, 0.29) is 12.5 Å². The normalized spacial score (nSPS) is 13.5. The number of aliphatic hydroxyl groups is 1. The van der Waals surface area contributed by atoms with E-state index in [1.807, 2.05) is 56.3 Å². The Morgan fingerprint density at radius 1 is 1.24 bits per heavy atom. The summed E-state index contributed by atoms with van der Waals surface area (Å²) in [6.45, 7) is 3.53. The molecule has 2 rings (SSSR count). The highest BCUT2D eigenvalue weighted by atomic mass is 79.9. The predicted octanol–water partition coefficient (Wildman–Crippen LogP) is 3.40. The van der Waals surface area contributed by atoms with Gasteiger partial charge in [0.2, 0.25) is 0 Å². The summed E-state index contributed by atoms with van der Waals surface area (Å²) in [5, 5.41) is 12.7. The molecule has 0 aliphatic carbocycles. The van der Waals surface area contributed by atoms with Crippen molar-refractivity contribution < 1.29 is 9.90 Å². The third-order valence-corrected chi connectivity index (χ3v) is 4.04. The summed E-state index contributed by atoms with van der Waals surface area (Å²) >= 11 is 3.39. The summed E-state index contributed by atoms with van der Waals surface area (Å²) < 4.78 is 0.935. The third-order valence-electron chi connectivity index (χ3n) is 3.55. The smallest absolute Gasteiger partial charge is 0.252 e. The van der Waals surface area contributed by atoms with Crippen LogP contribution in [-0.4, -0.2) is 17.6 Å². The zero-order valence-corrected chi connectivity index (χ0v) is 13.6. The number of hydrogen-bond donors (Lipinski definition) is 2. The lowest BCUT2D eigenvalue weighted by Gasteiger charge is -2.29. The van der Waals surface area contributed by atoms with Gasteiger partial charge in [-0.25, -0.2) is 0 Å². The monoisotopic (exact) mass is 347 g/mol. The quantitative estimate of drug-likeness (QED) is 0.890. The van der Waals surface area contributed by atoms with Crippen LogP contribution in [0.4, 0.5) is 0 Å². The SMILES string of the molecule is Cc1cc(Br)ccc1C(=O)NC(C)(CO)c1ccccc1. The Kier molecular flexibility index (Phi) is 4.80. The second kappa shape index (κ2) is 6.41. The van der Waals surface area contributed by atoms with Gasteiger partial charge in [0, 0.05) is 10.0 Å². The molecule has 110 valence electrons. The third kappa shape index (κ3) is 3.52. The standard InChI is InChI=1S/C17H18BrNO2/c1-12-10-14(18)8-9-15(12)16(21)19-17(2,11-20)13-6-4-3-5-7-13/h3-10,20H,11H2,1-2H3,(H,19,21). The van der Waals surface area contributed by atoms with Crippen molar-refractivity contribution in [3.63, 3.8) is 0 Å². The van der Waals surface area contributed by atoms with Gasteiger partial charge in [0.25, 0.3) is 5.91 Å². The zero-order valence-electron chi connectivity index (χ0n) is 12.1. The summed E-state index contributed by atoms with van der Waals surface area (Å²) in [5.74, 6) is -0.194. The van der Waals surface area contributed by atoms with Crippen molar-refractivity contribution in [1.29, 1.82) is 0 Å². The van der Waals surface area contributed by atoms with Crippen molar-refractivity contribution in [3.05, 3.63) is 69.7 Å². The van der Waals surface area contributed by atoms with Gasteiger partial charge in [0.1, 0.15) is 0 Å². The van der Waals surface area contributed by atoms with Crippen molar-refractivity contribution in [2.45, 2.75) is 19.4 Å². The summed E-state index contributed by atoms with van der Waals surface area (Å²) in [7, 11) is 0. The Hall–Kier alpha value is -1.65. The van der Waals surface area contributed by atoms with E-state index in [2.05, 4.69) is 21.2 Å². The topological polar surface area (TPSA) is 49.3 Å². The molecule has 1 atom stereocenters. The average Bonchev–Trinajstić information content (AvgIpc) is 2.47. The van der Waals surface area contributed by atoms with Crippen molar-refractivity contribution in [3.8, 4) is 0 Å². The van der Waals surface area contributed by atoms with Gasteiger partial charge in [-0.1, -0.05) is 46.3 Å². The van der Waals surface area contributed by atoms with Crippen molar-refractivity contribution in [1.82, 2.24) is 5.32 Å². The number of hydrogen-bond acceptors (Lipinski definition) is 2. The van der Waals surface area contributed by atoms with Crippen LogP contribution in [0.3, 0.4) is 0 Å². The molecule has 4 heteroatoms. The minimum Gasteiger partial charge on any atom is -0.394 e. The number of benzene rings is 2. The van der Waals surface area contributed by atoms with Crippen LogP contribution in [0.2, 0.25) is 0 Å². The fourth-order valence-electron chi connectivity index (χ4n) is 2.21. The lowest BCUT2D eigenvalue weighted by molar-refractivity contribution is 0.0849. The zero-order chi connectivity index (χ0) is 15.5. The van der Waals surface area contributed by atoms with Crippen molar-refractivity contribution in [2.75, 3.05) is 6.61 Å². The first kappa shape index (κ1) is 15.7. The van der Waals surface area contributed by atoms with Gasteiger partial charge in [-0.3, -0.25) is 4.79 Å². The molecule has 0 bridgehead atoms. The molecule has 2 aromatic rings. The molecule has 2 aromatic carbocycles. The summed E-state index contributed by atoms with van der Waals surface area (Å²) in [6.07, 6.45) is 0. The maximum absolute atomic E-state index is 12.5. The van der Waals surface area contributed by atoms with Crippen LogP contribution in [0, 0.1) is 6.92 Å². The van der Waals surface area contributed by atoms with E-state index in [9.17, 15) is 9.90 Å². The Morgan fingerprint density at radius 2 is 1.90 bits per heavy atom. The number of rotatable bonds is 4. The number of carbonyl (C=O) groups excluding carboxylic acids is 1. The largest absolute Gasteiger partial charge is 0.394 e. The van der Waals surface area contributed by atoms with Crippen LogP contribution >= 0.6 is 15.9 Å². The number of aliphatic hydroxyl groups excluding tert-OH is 1. The first-order chi connectivity index (χ1) is 9.96. The van der Waals surface area contributed by atoms with Crippen LogP contribution in [0.5, 0.6) is 0 Å². The molecule has 0 aromatic heterocycles. The molecule has 0 radical (unpaired) electrons. The van der Waals surface area contributed by atoms with Gasteiger partial charge in [-0.05, 0) is 43.2 Å². The van der Waals surface area contributed by atoms with Gasteiger partial charge in [-0.2, -0.15) is 0 Å². The second-order valence-corrected chi connectivity index (χ2v) is 6.19. The molecule has 3 nitrogen and oxygen atoms in total. The summed E-state index contributed by atoms with van der Waals surface area (Å²) in [4.78, 5) is 12.5. The van der Waals surface area contributed by atoms with Crippen LogP contribution in [-0.2, 0) is 5.54 Å². The van der Waals surface area contributed by atoms with Gasteiger partial charge in [0.05, 0.1) is 12.1 Å². The number of nitrogens with one attached hydrogen (secondary N) is 1. The van der Waals surface area contributed by atoms with Crippen LogP contribution in [0.25, 0.3) is 0 Å². The van der Waals surface area contributed by atoms with E-state index in [0.717, 1.165) is 15.6 Å². The summed E-state index contributed by atoms with van der Waals surface area (Å²) in [5.41, 5.74) is 1.55. The fraction of sp³-hybridized carbons (Fsp3) is 0.235. The second-order valence-electron chi connectivity index (χ2n) is 5.27. The maximum Gasteiger partial charge on any atom is 0.252 e. The van der Waals surface area contributed by atoms with E-state index >= 15 is 0 Å². The minimum absolute atomic E-state index is 0.168. The van der Waals surface area contributed by atoms with E-state index in [1.54, 1.807) is 6.07 Å². The van der Waals surface area contributed by atoms with Crippen LogP contribution in [0.15, 0.2) is 53.0 Å². The molecule has 0 saturated heterocycles. The number of carbonyl (C=O) groups is 1. The van der Waals surface area contributed by atoms with Crippen LogP contribution in [0.1, 0.15) is 28.4 Å². The lowest BCUT2D eigenvalue weighted by Crippen LogP contribution is -2.46. The predicted molar refractivity (Wildman–Crippen MR) is 87.2 cm³/mol. The molecule has 2 N–H and O–H groups in total. The molecule has 1 amide bonds. The minimum atomic E-state index is -0.808. The van der Waals surface area contributed by atoms with Crippen molar-refractivity contribution >= 4 is 21.8 Å². The first-order valence-corrected chi connectivity index (χ1v) is 7.50. The molecule has 0 fully saturated rings. The van der Waals surface area contributed by atoms with Gasteiger partial charge < -0.3 is 10.4 Å². The van der Waals surface area contributed by atoms with Gasteiger partial charge >= 0.3 is 0 Å². The van der Waals surface area contributed by atoms with E-state index < -0.39 is 5.54 Å². The molecule has 0 spiro atoms. The number of amides is 1. The van der Waals surface area contributed by atoms with Gasteiger partial charge in [0.15, 0.2) is 0 Å². The molecule has 1 unspecified atom stereocenters. The molecular formula is C17H18BrNO2. The number of halogens is 1. The molecule has 0 saturated carbocycles. The Balaban J connectivity index is 2.28. The lowest BCUT2D eigenvalue weighted by atomic mass is 9.92. The summed E-state index contributed by atoms with van der Waals surface area (Å²) in [6, 6.07) is 15.0. The Labute approximate surface area is 133 Å². The molecule has 21 heavy (non-hydrogen) atoms. The van der Waals surface area contributed by atoms with E-state index in [1.165, 1.54) is 0 Å². The van der Waals surface area contributed by atoms with Gasteiger partial charge in [-0.15, -0.1) is 0 Å². The van der Waals surface area contributed by atoms with Crippen LogP contribution < -0.4 is 5.32 Å². The maximum atomic E-state index is 12.5. The van der Waals surface area contributed by atoms with Crippen molar-refractivity contribution in [2.24, 2.45) is 0 Å². The molecule has 0 aliphatic rings. The Bertz CT molecular complexity index is 642. The molecule has 0 aliphatic heterocycles. The number of aryl methyl sites for hydroxylation is 1. The van der Waals surface area contributed by atoms with E-state index in [0.29, 0.717) is 5.56 Å². The highest BCUT2D eigenvalue weighted by Crippen LogP contribution is 2.22. The average molecular weight is 348 g/mol. The highest BCUT2D eigenvalue weighted by Gasteiger charge is 2.28.